The van der Waals surface area contributed by atoms with E-state index in [0.717, 1.165) is 0 Å². The van der Waals surface area contributed by atoms with Gasteiger partial charge in [0.25, 0.3) is 0 Å². The van der Waals surface area contributed by atoms with Crippen LogP contribution >= 0.6 is 34.8 Å². The van der Waals surface area contributed by atoms with Gasteiger partial charge in [0.15, 0.2) is 5.15 Å². The Hall–Kier alpha value is -0.450. The highest BCUT2D eigenvalue weighted by Gasteiger charge is 2.12. The SMILES string of the molecule is COn1nc(Cl)c(Cl)c(Cl)c1=O. The summed E-state index contributed by atoms with van der Waals surface area (Å²) in [5, 5.41) is 3.12. The number of nitrogens with zero attached hydrogens (tertiary/aromatic N) is 2. The van der Waals surface area contributed by atoms with Crippen LogP contribution in [-0.2, 0) is 0 Å². The maximum absolute atomic E-state index is 11.1. The van der Waals surface area contributed by atoms with Gasteiger partial charge < -0.3 is 4.84 Å². The van der Waals surface area contributed by atoms with E-state index in [2.05, 4.69) is 9.94 Å². The molecule has 1 rings (SSSR count). The summed E-state index contributed by atoms with van der Waals surface area (Å²) in [5.74, 6) is 0. The van der Waals surface area contributed by atoms with Gasteiger partial charge in [-0.2, -0.15) is 0 Å². The smallest absolute Gasteiger partial charge is 0.323 e. The van der Waals surface area contributed by atoms with Gasteiger partial charge in [-0.15, -0.1) is 5.10 Å². The minimum atomic E-state index is -0.645. The highest BCUT2D eigenvalue weighted by atomic mass is 35.5. The molecule has 1 aromatic rings. The molecular weight excluding hydrogens is 226 g/mol. The molecule has 0 amide bonds. The Bertz CT molecular complexity index is 362. The summed E-state index contributed by atoms with van der Waals surface area (Å²) in [7, 11) is 1.26. The zero-order chi connectivity index (χ0) is 9.30. The van der Waals surface area contributed by atoms with Gasteiger partial charge in [0, 0.05) is 0 Å². The van der Waals surface area contributed by atoms with Crippen molar-refractivity contribution in [1.82, 2.24) is 9.94 Å². The van der Waals surface area contributed by atoms with Crippen LogP contribution in [0.3, 0.4) is 0 Å². The first-order valence-corrected chi connectivity index (χ1v) is 3.89. The van der Waals surface area contributed by atoms with Crippen LogP contribution in [0.15, 0.2) is 4.79 Å². The van der Waals surface area contributed by atoms with Crippen LogP contribution in [0.1, 0.15) is 0 Å². The molecule has 0 aliphatic carbocycles. The van der Waals surface area contributed by atoms with E-state index in [9.17, 15) is 4.79 Å². The van der Waals surface area contributed by atoms with Gasteiger partial charge >= 0.3 is 5.56 Å². The van der Waals surface area contributed by atoms with Crippen molar-refractivity contribution < 1.29 is 4.84 Å². The molecule has 0 saturated carbocycles. The first-order chi connectivity index (χ1) is 5.57. The predicted molar refractivity (Wildman–Crippen MR) is 46.0 cm³/mol. The fourth-order valence-corrected chi connectivity index (χ4v) is 1.05. The summed E-state index contributed by atoms with van der Waals surface area (Å²) in [6.45, 7) is 0. The molecule has 0 aliphatic heterocycles. The van der Waals surface area contributed by atoms with E-state index in [1.165, 1.54) is 7.11 Å². The molecule has 0 saturated heterocycles. The lowest BCUT2D eigenvalue weighted by atomic mass is 10.6. The molecule has 4 nitrogen and oxygen atoms in total. The number of hydrogen-bond acceptors (Lipinski definition) is 3. The quantitative estimate of drug-likeness (QED) is 0.728. The second-order valence-electron chi connectivity index (χ2n) is 1.78. The topological polar surface area (TPSA) is 44.1 Å². The van der Waals surface area contributed by atoms with Gasteiger partial charge in [0.1, 0.15) is 17.2 Å². The van der Waals surface area contributed by atoms with Gasteiger partial charge in [-0.1, -0.05) is 39.6 Å². The van der Waals surface area contributed by atoms with E-state index < -0.39 is 5.56 Å². The predicted octanol–water partition coefficient (Wildman–Crippen LogP) is 1.26. The van der Waals surface area contributed by atoms with E-state index in [1.807, 2.05) is 0 Å². The maximum Gasteiger partial charge on any atom is 0.323 e. The molecule has 0 radical (unpaired) electrons. The van der Waals surface area contributed by atoms with Crippen molar-refractivity contribution >= 4 is 34.8 Å². The summed E-state index contributed by atoms with van der Waals surface area (Å²) >= 11 is 16.5. The summed E-state index contributed by atoms with van der Waals surface area (Å²) in [6, 6.07) is 0. The average molecular weight is 229 g/mol. The molecule has 0 atom stereocenters. The molecule has 0 aliphatic rings. The lowest BCUT2D eigenvalue weighted by Gasteiger charge is -2.03. The molecule has 66 valence electrons. The van der Waals surface area contributed by atoms with Crippen molar-refractivity contribution in [3.8, 4) is 0 Å². The van der Waals surface area contributed by atoms with E-state index in [-0.39, 0.29) is 15.2 Å². The zero-order valence-corrected chi connectivity index (χ0v) is 8.11. The third-order valence-electron chi connectivity index (χ3n) is 1.09. The monoisotopic (exact) mass is 228 g/mol. The lowest BCUT2D eigenvalue weighted by Crippen LogP contribution is -2.28. The molecule has 1 aromatic heterocycles. The molecule has 0 fully saturated rings. The van der Waals surface area contributed by atoms with E-state index in [0.29, 0.717) is 4.85 Å². The van der Waals surface area contributed by atoms with Crippen molar-refractivity contribution in [3.05, 3.63) is 25.6 Å². The van der Waals surface area contributed by atoms with E-state index >= 15 is 0 Å². The van der Waals surface area contributed by atoms with Crippen LogP contribution in [0.4, 0.5) is 0 Å². The molecule has 1 heterocycles. The molecule has 0 N–H and O–H groups in total. The molecule has 0 aromatic carbocycles. The highest BCUT2D eigenvalue weighted by molar-refractivity contribution is 6.47. The number of halogens is 3. The maximum atomic E-state index is 11.1. The van der Waals surface area contributed by atoms with Crippen molar-refractivity contribution in [2.75, 3.05) is 7.11 Å². The highest BCUT2D eigenvalue weighted by Crippen LogP contribution is 2.23. The van der Waals surface area contributed by atoms with Gasteiger partial charge in [0.2, 0.25) is 0 Å². The van der Waals surface area contributed by atoms with Crippen LogP contribution in [-0.4, -0.2) is 17.1 Å². The molecule has 0 bridgehead atoms. The second kappa shape index (κ2) is 3.51. The summed E-state index contributed by atoms with van der Waals surface area (Å²) in [6.07, 6.45) is 0. The van der Waals surface area contributed by atoms with Gasteiger partial charge in [-0.25, -0.2) is 0 Å². The van der Waals surface area contributed by atoms with Crippen molar-refractivity contribution in [2.45, 2.75) is 0 Å². The third kappa shape index (κ3) is 1.50. The Morgan fingerprint density at radius 1 is 1.33 bits per heavy atom. The fraction of sp³-hybridized carbons (Fsp3) is 0.200. The third-order valence-corrected chi connectivity index (χ3v) is 2.26. The molecular formula is C5H3Cl3N2O2. The lowest BCUT2D eigenvalue weighted by molar-refractivity contribution is 0.121. The Balaban J connectivity index is 3.50. The van der Waals surface area contributed by atoms with Crippen molar-refractivity contribution in [1.29, 1.82) is 0 Å². The molecule has 12 heavy (non-hydrogen) atoms. The second-order valence-corrected chi connectivity index (χ2v) is 2.89. The minimum Gasteiger partial charge on any atom is -0.397 e. The van der Waals surface area contributed by atoms with Crippen LogP contribution in [0.5, 0.6) is 0 Å². The largest absolute Gasteiger partial charge is 0.397 e. The molecule has 7 heteroatoms. The van der Waals surface area contributed by atoms with Crippen molar-refractivity contribution in [3.63, 3.8) is 0 Å². The van der Waals surface area contributed by atoms with Crippen LogP contribution in [0.2, 0.25) is 15.2 Å². The molecule has 0 unspecified atom stereocenters. The van der Waals surface area contributed by atoms with Crippen LogP contribution in [0.25, 0.3) is 0 Å². The Morgan fingerprint density at radius 3 is 2.42 bits per heavy atom. The van der Waals surface area contributed by atoms with Crippen LogP contribution < -0.4 is 10.4 Å². The van der Waals surface area contributed by atoms with E-state index in [1.54, 1.807) is 0 Å². The molecule has 0 spiro atoms. The summed E-state index contributed by atoms with van der Waals surface area (Å²) in [4.78, 5) is 16.2. The number of aromatic nitrogens is 2. The van der Waals surface area contributed by atoms with Gasteiger partial charge in [-0.05, 0) is 0 Å². The Morgan fingerprint density at radius 2 is 1.92 bits per heavy atom. The fourth-order valence-electron chi connectivity index (χ4n) is 0.561. The van der Waals surface area contributed by atoms with Crippen molar-refractivity contribution in [2.24, 2.45) is 0 Å². The standard InChI is InChI=1S/C5H3Cl3N2O2/c1-12-10-5(11)3(7)2(6)4(8)9-10/h1H3. The first-order valence-electron chi connectivity index (χ1n) is 2.76. The first kappa shape index (κ1) is 9.64. The normalized spacial score (nSPS) is 10.0. The summed E-state index contributed by atoms with van der Waals surface area (Å²) < 4.78 is 0. The van der Waals surface area contributed by atoms with Gasteiger partial charge in [0.05, 0.1) is 0 Å². The Labute approximate surface area is 82.6 Å². The zero-order valence-electron chi connectivity index (χ0n) is 5.84. The van der Waals surface area contributed by atoms with Crippen LogP contribution in [0, 0.1) is 0 Å². The Kier molecular flexibility index (Phi) is 2.82. The average Bonchev–Trinajstić information content (AvgIpc) is 2.08. The van der Waals surface area contributed by atoms with E-state index in [4.69, 9.17) is 34.8 Å². The summed E-state index contributed by atoms with van der Waals surface area (Å²) in [5.41, 5.74) is -0.645. The van der Waals surface area contributed by atoms with Gasteiger partial charge in [-0.3, -0.25) is 4.79 Å². The number of hydrogen-bond donors (Lipinski definition) is 0. The number of rotatable bonds is 1. The minimum absolute atomic E-state index is 0.0726.